The molecule has 0 radical (unpaired) electrons. The van der Waals surface area contributed by atoms with Gasteiger partial charge in [-0.05, 0) is 64.0 Å². The molecule has 118 valence electrons. The van der Waals surface area contributed by atoms with Gasteiger partial charge in [-0.1, -0.05) is 22.5 Å². The van der Waals surface area contributed by atoms with E-state index < -0.39 is 0 Å². The van der Waals surface area contributed by atoms with Crippen molar-refractivity contribution in [1.82, 2.24) is 15.2 Å². The molecule has 8 heteroatoms. The minimum atomic E-state index is -0.305. The first-order valence-electron chi connectivity index (χ1n) is 6.73. The Labute approximate surface area is 145 Å². The number of rotatable bonds is 4. The van der Waals surface area contributed by atoms with Gasteiger partial charge in [0.15, 0.2) is 6.61 Å². The fourth-order valence-electron chi connectivity index (χ4n) is 1.99. The highest BCUT2D eigenvalue weighted by molar-refractivity contribution is 9.10. The lowest BCUT2D eigenvalue weighted by atomic mass is 10.2. The van der Waals surface area contributed by atoms with Crippen LogP contribution in [0.15, 0.2) is 40.9 Å². The number of nitrogens with zero attached hydrogens (tertiary/aromatic N) is 3. The summed E-state index contributed by atoms with van der Waals surface area (Å²) in [6, 6.07) is 10.8. The lowest BCUT2D eigenvalue weighted by Crippen LogP contribution is -2.26. The Bertz CT molecular complexity index is 881. The zero-order valence-corrected chi connectivity index (χ0v) is 14.4. The largest absolute Gasteiger partial charge is 0.385 e. The minimum Gasteiger partial charge on any atom is -0.385 e. The van der Waals surface area contributed by atoms with Crippen LogP contribution in [0.2, 0.25) is 5.02 Å². The fraction of sp³-hybridized carbons (Fsp3) is 0.133. The van der Waals surface area contributed by atoms with Crippen molar-refractivity contribution in [3.8, 4) is 0 Å². The van der Waals surface area contributed by atoms with Gasteiger partial charge in [0.1, 0.15) is 11.0 Å². The van der Waals surface area contributed by atoms with Gasteiger partial charge in [-0.15, -0.1) is 5.10 Å². The molecule has 23 heavy (non-hydrogen) atoms. The van der Waals surface area contributed by atoms with Gasteiger partial charge in [0.25, 0.3) is 5.91 Å². The molecule has 0 spiro atoms. The van der Waals surface area contributed by atoms with Crippen LogP contribution in [-0.2, 0) is 4.79 Å². The summed E-state index contributed by atoms with van der Waals surface area (Å²) in [5.41, 5.74) is 3.01. The van der Waals surface area contributed by atoms with Crippen molar-refractivity contribution in [3.63, 3.8) is 0 Å². The van der Waals surface area contributed by atoms with E-state index in [9.17, 15) is 4.79 Å². The Morgan fingerprint density at radius 3 is 2.96 bits per heavy atom. The van der Waals surface area contributed by atoms with Gasteiger partial charge in [-0.3, -0.25) is 4.79 Å². The maximum absolute atomic E-state index is 12.0. The van der Waals surface area contributed by atoms with Crippen molar-refractivity contribution in [2.75, 3.05) is 11.9 Å². The van der Waals surface area contributed by atoms with Crippen molar-refractivity contribution in [2.45, 2.75) is 6.92 Å². The zero-order chi connectivity index (χ0) is 16.4. The second kappa shape index (κ2) is 6.55. The highest BCUT2D eigenvalue weighted by atomic mass is 79.9. The first-order chi connectivity index (χ1) is 11.0. The number of aryl methyl sites for hydroxylation is 1. The molecule has 0 aliphatic heterocycles. The maximum atomic E-state index is 12.0. The summed E-state index contributed by atoms with van der Waals surface area (Å²) in [6.45, 7) is 1.77. The number of benzene rings is 2. The molecular weight excluding hydrogens is 384 g/mol. The topological polar surface area (TPSA) is 69.0 Å². The van der Waals surface area contributed by atoms with E-state index in [0.717, 1.165) is 10.0 Å². The molecule has 3 rings (SSSR count). The SMILES string of the molecule is Cc1ccc(NC(=O)COn2nnc3ccc(Cl)cc32)c(Br)c1. The fourth-order valence-corrected chi connectivity index (χ4v) is 2.75. The van der Waals surface area contributed by atoms with Crippen molar-refractivity contribution >= 4 is 50.2 Å². The molecule has 3 aromatic rings. The van der Waals surface area contributed by atoms with Gasteiger partial charge in [-0.25, -0.2) is 0 Å². The summed E-state index contributed by atoms with van der Waals surface area (Å²) in [6.07, 6.45) is 0. The number of amides is 1. The summed E-state index contributed by atoms with van der Waals surface area (Å²) < 4.78 is 0.809. The van der Waals surface area contributed by atoms with Crippen molar-refractivity contribution in [2.24, 2.45) is 0 Å². The molecule has 0 bridgehead atoms. The average Bonchev–Trinajstić information content (AvgIpc) is 2.90. The lowest BCUT2D eigenvalue weighted by Gasteiger charge is -2.09. The molecule has 0 saturated carbocycles. The van der Waals surface area contributed by atoms with Crippen molar-refractivity contribution in [1.29, 1.82) is 0 Å². The number of hydrogen-bond donors (Lipinski definition) is 1. The van der Waals surface area contributed by atoms with Crippen molar-refractivity contribution < 1.29 is 9.63 Å². The zero-order valence-electron chi connectivity index (χ0n) is 12.1. The van der Waals surface area contributed by atoms with Crippen LogP contribution in [0.4, 0.5) is 5.69 Å². The van der Waals surface area contributed by atoms with E-state index >= 15 is 0 Å². The van der Waals surface area contributed by atoms with Gasteiger partial charge >= 0.3 is 0 Å². The van der Waals surface area contributed by atoms with E-state index in [1.807, 2.05) is 25.1 Å². The summed E-state index contributed by atoms with van der Waals surface area (Å²) in [4.78, 5) is 18.6. The van der Waals surface area contributed by atoms with E-state index in [-0.39, 0.29) is 12.5 Å². The summed E-state index contributed by atoms with van der Waals surface area (Å²) >= 11 is 9.35. The minimum absolute atomic E-state index is 0.203. The van der Waals surface area contributed by atoms with Gasteiger partial charge in [0.2, 0.25) is 0 Å². The van der Waals surface area contributed by atoms with E-state index in [2.05, 4.69) is 31.6 Å². The quantitative estimate of drug-likeness (QED) is 0.736. The number of anilines is 1. The predicted molar refractivity (Wildman–Crippen MR) is 91.5 cm³/mol. The molecule has 1 amide bonds. The summed E-state index contributed by atoms with van der Waals surface area (Å²) in [5, 5.41) is 11.1. The molecule has 0 fully saturated rings. The monoisotopic (exact) mass is 394 g/mol. The van der Waals surface area contributed by atoms with E-state index in [1.165, 1.54) is 4.85 Å². The van der Waals surface area contributed by atoms with Crippen molar-refractivity contribution in [3.05, 3.63) is 51.5 Å². The summed E-state index contributed by atoms with van der Waals surface area (Å²) in [5.74, 6) is -0.305. The van der Waals surface area contributed by atoms with E-state index in [4.69, 9.17) is 16.4 Å². The molecule has 0 aliphatic carbocycles. The van der Waals surface area contributed by atoms with Gasteiger partial charge in [-0.2, -0.15) is 0 Å². The number of carbonyl (C=O) groups is 1. The molecular formula is C15H12BrClN4O2. The van der Waals surface area contributed by atoms with E-state index in [0.29, 0.717) is 21.7 Å². The normalized spacial score (nSPS) is 10.7. The summed E-state index contributed by atoms with van der Waals surface area (Å²) in [7, 11) is 0. The van der Waals surface area contributed by atoms with Crippen LogP contribution >= 0.6 is 27.5 Å². The Hall–Kier alpha value is -2.12. The molecule has 0 atom stereocenters. The number of carbonyl (C=O) groups excluding carboxylic acids is 1. The van der Waals surface area contributed by atoms with Crippen LogP contribution in [0.25, 0.3) is 11.0 Å². The smallest absolute Gasteiger partial charge is 0.265 e. The molecule has 1 heterocycles. The van der Waals surface area contributed by atoms with Crippen LogP contribution in [0.5, 0.6) is 0 Å². The van der Waals surface area contributed by atoms with Crippen LogP contribution in [0.3, 0.4) is 0 Å². The van der Waals surface area contributed by atoms with Gasteiger partial charge < -0.3 is 10.2 Å². The third kappa shape index (κ3) is 3.62. The first-order valence-corrected chi connectivity index (χ1v) is 7.90. The number of aromatic nitrogens is 3. The average molecular weight is 396 g/mol. The molecule has 1 aromatic heterocycles. The van der Waals surface area contributed by atoms with Gasteiger partial charge in [0, 0.05) is 9.50 Å². The molecule has 0 aliphatic rings. The number of hydrogen-bond acceptors (Lipinski definition) is 4. The molecule has 0 saturated heterocycles. The highest BCUT2D eigenvalue weighted by Gasteiger charge is 2.10. The standard InChI is InChI=1S/C15H12BrClN4O2/c1-9-2-4-12(11(16)6-9)18-15(22)8-23-21-14-7-10(17)3-5-13(14)19-20-21/h2-7H,8H2,1H3,(H,18,22). The third-order valence-electron chi connectivity index (χ3n) is 3.09. The number of nitrogens with one attached hydrogen (secondary N) is 1. The molecule has 2 aromatic carbocycles. The predicted octanol–water partition coefficient (Wildman–Crippen LogP) is 3.22. The second-order valence-corrected chi connectivity index (χ2v) is 6.19. The van der Waals surface area contributed by atoms with E-state index in [1.54, 1.807) is 18.2 Å². The molecule has 6 nitrogen and oxygen atoms in total. The Morgan fingerprint density at radius 1 is 1.35 bits per heavy atom. The lowest BCUT2D eigenvalue weighted by molar-refractivity contribution is -0.121. The molecule has 1 N–H and O–H groups in total. The van der Waals surface area contributed by atoms with Gasteiger partial charge in [0.05, 0.1) is 5.69 Å². The second-order valence-electron chi connectivity index (χ2n) is 4.90. The van der Waals surface area contributed by atoms with Crippen LogP contribution in [0, 0.1) is 6.92 Å². The van der Waals surface area contributed by atoms with Crippen LogP contribution in [0.1, 0.15) is 5.56 Å². The molecule has 0 unspecified atom stereocenters. The third-order valence-corrected chi connectivity index (χ3v) is 3.99. The Balaban J connectivity index is 1.67. The Kier molecular flexibility index (Phi) is 4.49. The Morgan fingerprint density at radius 2 is 2.17 bits per heavy atom. The first kappa shape index (κ1) is 15.8. The number of fused-ring (bicyclic) bond motifs is 1. The highest BCUT2D eigenvalue weighted by Crippen LogP contribution is 2.23. The van der Waals surface area contributed by atoms with Crippen LogP contribution in [-0.4, -0.2) is 27.7 Å². The van der Waals surface area contributed by atoms with Crippen LogP contribution < -0.4 is 10.2 Å². The maximum Gasteiger partial charge on any atom is 0.265 e. The number of halogens is 2.